The number of halogens is 1. The third-order valence-corrected chi connectivity index (χ3v) is 5.85. The number of carbonyl (C=O) groups excluding carboxylic acids is 1. The van der Waals surface area contributed by atoms with Gasteiger partial charge in [-0.1, -0.05) is 6.07 Å². The Hall–Kier alpha value is -3.07. The van der Waals surface area contributed by atoms with E-state index in [4.69, 9.17) is 0 Å². The number of anilines is 1. The predicted octanol–water partition coefficient (Wildman–Crippen LogP) is 2.43. The van der Waals surface area contributed by atoms with Crippen molar-refractivity contribution in [3.05, 3.63) is 59.7 Å². The normalized spacial score (nSPS) is 14.7. The fraction of sp³-hybridized carbons (Fsp3) is 0.167. The van der Waals surface area contributed by atoms with Crippen LogP contribution in [0.2, 0.25) is 0 Å². The molecule has 3 heterocycles. The van der Waals surface area contributed by atoms with Gasteiger partial charge in [0.05, 0.1) is 5.75 Å². The molecule has 0 saturated heterocycles. The van der Waals surface area contributed by atoms with Gasteiger partial charge in [-0.15, -0.1) is 0 Å². The summed E-state index contributed by atoms with van der Waals surface area (Å²) in [5.74, 6) is -0.722. The second-order valence-electron chi connectivity index (χ2n) is 6.19. The SMILES string of the molecule is Cc1cccc(NC(=O)c2c(-c3ccc(F)cc3)nc3n2CCS3(=O)=O)n1. The van der Waals surface area contributed by atoms with Crippen LogP contribution in [0.15, 0.2) is 47.6 Å². The first-order valence-electron chi connectivity index (χ1n) is 8.19. The second-order valence-corrected chi connectivity index (χ2v) is 8.19. The lowest BCUT2D eigenvalue weighted by Crippen LogP contribution is -2.18. The Morgan fingerprint density at radius 3 is 2.59 bits per heavy atom. The van der Waals surface area contributed by atoms with E-state index >= 15 is 0 Å². The van der Waals surface area contributed by atoms with Crippen LogP contribution in [0.25, 0.3) is 11.3 Å². The highest BCUT2D eigenvalue weighted by Crippen LogP contribution is 2.30. The smallest absolute Gasteiger partial charge is 0.275 e. The van der Waals surface area contributed by atoms with Gasteiger partial charge < -0.3 is 9.88 Å². The summed E-state index contributed by atoms with van der Waals surface area (Å²) in [6.45, 7) is 1.93. The van der Waals surface area contributed by atoms with E-state index in [2.05, 4.69) is 15.3 Å². The summed E-state index contributed by atoms with van der Waals surface area (Å²) in [6.07, 6.45) is 0. The molecule has 0 aliphatic carbocycles. The van der Waals surface area contributed by atoms with Gasteiger partial charge in [-0.2, -0.15) is 0 Å². The maximum atomic E-state index is 13.3. The Bertz CT molecular complexity index is 1150. The van der Waals surface area contributed by atoms with E-state index in [1.165, 1.54) is 28.8 Å². The van der Waals surface area contributed by atoms with Crippen molar-refractivity contribution in [3.8, 4) is 11.3 Å². The highest BCUT2D eigenvalue weighted by atomic mass is 32.2. The molecule has 4 rings (SSSR count). The molecule has 0 spiro atoms. The van der Waals surface area contributed by atoms with Crippen LogP contribution >= 0.6 is 0 Å². The number of nitrogens with zero attached hydrogens (tertiary/aromatic N) is 3. The standard InChI is InChI=1S/C18H15FN4O3S/c1-11-3-2-4-14(20-11)21-17(24)16-15(12-5-7-13(19)8-6-12)22-18-23(16)9-10-27(18,25)26/h2-8H,9-10H2,1H3,(H,20,21,24). The molecule has 27 heavy (non-hydrogen) atoms. The van der Waals surface area contributed by atoms with E-state index in [0.717, 1.165) is 5.69 Å². The van der Waals surface area contributed by atoms with Gasteiger partial charge in [0.1, 0.15) is 23.0 Å². The van der Waals surface area contributed by atoms with Crippen LogP contribution in [0.5, 0.6) is 0 Å². The van der Waals surface area contributed by atoms with Gasteiger partial charge in [0.2, 0.25) is 15.0 Å². The molecule has 0 unspecified atom stereocenters. The monoisotopic (exact) mass is 386 g/mol. The number of fused-ring (bicyclic) bond motifs is 1. The lowest BCUT2D eigenvalue weighted by Gasteiger charge is -2.09. The molecule has 1 aromatic carbocycles. The summed E-state index contributed by atoms with van der Waals surface area (Å²) < 4.78 is 39.1. The Morgan fingerprint density at radius 1 is 1.15 bits per heavy atom. The van der Waals surface area contributed by atoms with Crippen molar-refractivity contribution in [2.24, 2.45) is 0 Å². The summed E-state index contributed by atoms with van der Waals surface area (Å²) in [4.78, 5) is 21.4. The number of rotatable bonds is 3. The Balaban J connectivity index is 1.83. The van der Waals surface area contributed by atoms with E-state index in [1.54, 1.807) is 25.1 Å². The molecule has 2 aromatic heterocycles. The Morgan fingerprint density at radius 2 is 1.89 bits per heavy atom. The van der Waals surface area contributed by atoms with Gasteiger partial charge >= 0.3 is 0 Å². The van der Waals surface area contributed by atoms with Gasteiger partial charge in [0.25, 0.3) is 5.91 Å². The highest BCUT2D eigenvalue weighted by Gasteiger charge is 2.35. The van der Waals surface area contributed by atoms with E-state index in [1.807, 2.05) is 0 Å². The molecular formula is C18H15FN4O3S. The van der Waals surface area contributed by atoms with Crippen molar-refractivity contribution in [1.82, 2.24) is 14.5 Å². The van der Waals surface area contributed by atoms with Crippen LogP contribution in [0.3, 0.4) is 0 Å². The quantitative estimate of drug-likeness (QED) is 0.746. The summed E-state index contributed by atoms with van der Waals surface area (Å²) in [7, 11) is -3.55. The summed E-state index contributed by atoms with van der Waals surface area (Å²) in [5, 5.41) is 2.54. The molecule has 1 amide bonds. The van der Waals surface area contributed by atoms with Gasteiger partial charge in [-0.25, -0.2) is 22.8 Å². The number of amides is 1. The van der Waals surface area contributed by atoms with Crippen LogP contribution in [-0.4, -0.2) is 34.6 Å². The number of aryl methyl sites for hydroxylation is 1. The lowest BCUT2D eigenvalue weighted by molar-refractivity contribution is 0.101. The van der Waals surface area contributed by atoms with Crippen molar-refractivity contribution in [2.45, 2.75) is 18.6 Å². The van der Waals surface area contributed by atoms with E-state index in [-0.39, 0.29) is 28.8 Å². The van der Waals surface area contributed by atoms with Crippen LogP contribution in [-0.2, 0) is 16.4 Å². The minimum Gasteiger partial charge on any atom is -0.309 e. The largest absolute Gasteiger partial charge is 0.309 e. The summed E-state index contributed by atoms with van der Waals surface area (Å²) >= 11 is 0. The zero-order chi connectivity index (χ0) is 19.2. The minimum atomic E-state index is -3.55. The van der Waals surface area contributed by atoms with Crippen LogP contribution in [0.1, 0.15) is 16.2 Å². The molecule has 7 nitrogen and oxygen atoms in total. The molecule has 138 valence electrons. The number of carbonyl (C=O) groups is 1. The highest BCUT2D eigenvalue weighted by molar-refractivity contribution is 7.91. The van der Waals surface area contributed by atoms with Crippen LogP contribution < -0.4 is 5.32 Å². The van der Waals surface area contributed by atoms with Crippen molar-refractivity contribution >= 4 is 21.6 Å². The lowest BCUT2D eigenvalue weighted by atomic mass is 10.1. The van der Waals surface area contributed by atoms with Crippen molar-refractivity contribution in [2.75, 3.05) is 11.1 Å². The fourth-order valence-electron chi connectivity index (χ4n) is 3.01. The van der Waals surface area contributed by atoms with Crippen molar-refractivity contribution in [1.29, 1.82) is 0 Å². The number of nitrogens with one attached hydrogen (secondary N) is 1. The average molecular weight is 386 g/mol. The second kappa shape index (κ2) is 6.27. The first kappa shape index (κ1) is 17.3. The molecule has 9 heteroatoms. The Kier molecular flexibility index (Phi) is 4.03. The number of aromatic nitrogens is 3. The molecule has 0 saturated carbocycles. The van der Waals surface area contributed by atoms with Crippen LogP contribution in [0.4, 0.5) is 10.2 Å². The molecule has 0 atom stereocenters. The number of pyridine rings is 1. The van der Waals surface area contributed by atoms with Crippen LogP contribution in [0, 0.1) is 12.7 Å². The molecule has 1 N–H and O–H groups in total. The molecule has 1 aliphatic heterocycles. The maximum absolute atomic E-state index is 13.3. The molecule has 1 aliphatic rings. The first-order valence-corrected chi connectivity index (χ1v) is 9.84. The van der Waals surface area contributed by atoms with E-state index in [0.29, 0.717) is 11.4 Å². The van der Waals surface area contributed by atoms with Crippen molar-refractivity contribution in [3.63, 3.8) is 0 Å². The number of hydrogen-bond donors (Lipinski definition) is 1. The maximum Gasteiger partial charge on any atom is 0.275 e. The third kappa shape index (κ3) is 3.10. The van der Waals surface area contributed by atoms with Gasteiger partial charge in [0.15, 0.2) is 0 Å². The number of sulfone groups is 1. The average Bonchev–Trinajstić information content (AvgIpc) is 3.13. The van der Waals surface area contributed by atoms with E-state index in [9.17, 15) is 17.6 Å². The predicted molar refractivity (Wildman–Crippen MR) is 96.6 cm³/mol. The first-order chi connectivity index (χ1) is 12.8. The molecule has 3 aromatic rings. The Labute approximate surface area is 154 Å². The zero-order valence-electron chi connectivity index (χ0n) is 14.3. The molecule has 0 fully saturated rings. The fourth-order valence-corrected chi connectivity index (χ4v) is 4.36. The number of imidazole rings is 1. The molecule has 0 radical (unpaired) electrons. The summed E-state index contributed by atoms with van der Waals surface area (Å²) in [6, 6.07) is 10.6. The number of hydrogen-bond acceptors (Lipinski definition) is 5. The third-order valence-electron chi connectivity index (χ3n) is 4.26. The zero-order valence-corrected chi connectivity index (χ0v) is 15.1. The molecular weight excluding hydrogens is 371 g/mol. The van der Waals surface area contributed by atoms with Crippen molar-refractivity contribution < 1.29 is 17.6 Å². The van der Waals surface area contributed by atoms with Gasteiger partial charge in [0, 0.05) is 17.8 Å². The van der Waals surface area contributed by atoms with Gasteiger partial charge in [-0.3, -0.25) is 4.79 Å². The molecule has 0 bridgehead atoms. The number of benzene rings is 1. The topological polar surface area (TPSA) is 94.0 Å². The summed E-state index contributed by atoms with van der Waals surface area (Å²) in [5.41, 5.74) is 1.49. The van der Waals surface area contributed by atoms with Gasteiger partial charge in [-0.05, 0) is 43.3 Å². The minimum absolute atomic E-state index is 0.109. The van der Waals surface area contributed by atoms with E-state index < -0.39 is 21.6 Å².